The van der Waals surface area contributed by atoms with Gasteiger partial charge in [0.05, 0.1) is 6.61 Å². The molecule has 2 N–H and O–H groups in total. The Labute approximate surface area is 123 Å². The van der Waals surface area contributed by atoms with Crippen LogP contribution in [0.4, 0.5) is 0 Å². The Morgan fingerprint density at radius 1 is 1.30 bits per heavy atom. The van der Waals surface area contributed by atoms with Crippen LogP contribution < -0.4 is 5.32 Å². The topological polar surface area (TPSA) is 35.5 Å². The predicted octanol–water partition coefficient (Wildman–Crippen LogP) is 2.43. The summed E-state index contributed by atoms with van der Waals surface area (Å²) in [4.78, 5) is 2.45. The van der Waals surface area contributed by atoms with E-state index >= 15 is 0 Å². The third-order valence-electron chi connectivity index (χ3n) is 4.26. The van der Waals surface area contributed by atoms with Crippen LogP contribution in [0.1, 0.15) is 38.3 Å². The second-order valence-electron chi connectivity index (χ2n) is 6.55. The maximum Gasteiger partial charge on any atom is 0.0558 e. The summed E-state index contributed by atoms with van der Waals surface area (Å²) in [6, 6.07) is 11.7. The fraction of sp³-hybridized carbons (Fsp3) is 0.647. The van der Waals surface area contributed by atoms with Crippen molar-refractivity contribution < 1.29 is 5.11 Å². The van der Waals surface area contributed by atoms with Gasteiger partial charge in [-0.25, -0.2) is 0 Å². The van der Waals surface area contributed by atoms with E-state index in [0.29, 0.717) is 12.1 Å². The van der Waals surface area contributed by atoms with Crippen molar-refractivity contribution in [3.05, 3.63) is 35.9 Å². The number of hydrogen-bond acceptors (Lipinski definition) is 3. The second-order valence-corrected chi connectivity index (χ2v) is 6.55. The molecule has 20 heavy (non-hydrogen) atoms. The number of hydrogen-bond donors (Lipinski definition) is 2. The first-order chi connectivity index (χ1) is 9.58. The first-order valence-electron chi connectivity index (χ1n) is 7.65. The van der Waals surface area contributed by atoms with E-state index in [1.54, 1.807) is 0 Å². The fourth-order valence-electron chi connectivity index (χ4n) is 3.23. The van der Waals surface area contributed by atoms with Gasteiger partial charge in [-0.3, -0.25) is 4.90 Å². The van der Waals surface area contributed by atoms with Crippen LogP contribution in [0.5, 0.6) is 0 Å². The summed E-state index contributed by atoms with van der Waals surface area (Å²) in [6.07, 6.45) is 2.57. The predicted molar refractivity (Wildman–Crippen MR) is 83.7 cm³/mol. The van der Waals surface area contributed by atoms with Crippen LogP contribution in [0, 0.1) is 5.41 Å². The largest absolute Gasteiger partial charge is 0.395 e. The van der Waals surface area contributed by atoms with E-state index in [1.807, 2.05) is 7.05 Å². The monoisotopic (exact) mass is 276 g/mol. The fourth-order valence-corrected chi connectivity index (χ4v) is 3.23. The molecular weight excluding hydrogens is 248 g/mol. The molecular formula is C17H28N2O. The van der Waals surface area contributed by atoms with Crippen molar-refractivity contribution in [2.45, 2.75) is 38.8 Å². The van der Waals surface area contributed by atoms with E-state index in [2.05, 4.69) is 54.4 Å². The Morgan fingerprint density at radius 3 is 2.45 bits per heavy atom. The van der Waals surface area contributed by atoms with E-state index in [9.17, 15) is 5.11 Å². The molecule has 0 heterocycles. The Morgan fingerprint density at radius 2 is 1.95 bits per heavy atom. The van der Waals surface area contributed by atoms with E-state index in [-0.39, 0.29) is 12.0 Å². The lowest BCUT2D eigenvalue weighted by Gasteiger charge is -2.39. The molecule has 1 unspecified atom stereocenters. The lowest BCUT2D eigenvalue weighted by Crippen LogP contribution is -2.43. The molecule has 2 rings (SSSR count). The molecule has 0 amide bonds. The quantitative estimate of drug-likeness (QED) is 0.765. The zero-order valence-electron chi connectivity index (χ0n) is 13.0. The third-order valence-corrected chi connectivity index (χ3v) is 4.26. The highest BCUT2D eigenvalue weighted by Crippen LogP contribution is 2.37. The summed E-state index contributed by atoms with van der Waals surface area (Å²) < 4.78 is 0. The minimum absolute atomic E-state index is 0.119. The minimum Gasteiger partial charge on any atom is -0.395 e. The highest BCUT2D eigenvalue weighted by atomic mass is 16.3. The van der Waals surface area contributed by atoms with Crippen molar-refractivity contribution in [3.8, 4) is 0 Å². The molecule has 3 nitrogen and oxygen atoms in total. The number of nitrogens with zero attached hydrogens (tertiary/aromatic N) is 1. The number of nitrogens with one attached hydrogen (secondary N) is 1. The molecule has 3 heteroatoms. The Kier molecular flexibility index (Phi) is 5.19. The first kappa shape index (κ1) is 15.5. The zero-order valence-corrected chi connectivity index (χ0v) is 13.0. The average molecular weight is 276 g/mol. The summed E-state index contributed by atoms with van der Waals surface area (Å²) >= 11 is 0. The maximum atomic E-state index is 9.27. The Balaban J connectivity index is 2.10. The molecule has 1 fully saturated rings. The highest BCUT2D eigenvalue weighted by Gasteiger charge is 2.36. The van der Waals surface area contributed by atoms with Gasteiger partial charge in [0, 0.05) is 25.2 Å². The van der Waals surface area contributed by atoms with Gasteiger partial charge >= 0.3 is 0 Å². The molecule has 1 aliphatic carbocycles. The average Bonchev–Trinajstić information content (AvgIpc) is 3.24. The standard InChI is InChI=1S/C17H28N2O/c1-17(2,13-19(11-12-20)15-9-10-15)16(18-3)14-7-5-4-6-8-14/h4-8,15-16,18,20H,9-13H2,1-3H3. The number of rotatable bonds is 8. The van der Waals surface area contributed by atoms with E-state index < -0.39 is 0 Å². The summed E-state index contributed by atoms with van der Waals surface area (Å²) in [6.45, 7) is 6.68. The molecule has 0 radical (unpaired) electrons. The van der Waals surface area contributed by atoms with Gasteiger partial charge in [-0.1, -0.05) is 44.2 Å². The summed E-state index contributed by atoms with van der Waals surface area (Å²) in [5, 5.41) is 12.7. The van der Waals surface area contributed by atoms with Crippen LogP contribution in [-0.2, 0) is 0 Å². The molecule has 1 aliphatic rings. The zero-order chi connectivity index (χ0) is 14.6. The van der Waals surface area contributed by atoms with Crippen LogP contribution >= 0.6 is 0 Å². The molecule has 1 aromatic carbocycles. The van der Waals surface area contributed by atoms with Crippen LogP contribution in [0.15, 0.2) is 30.3 Å². The summed E-state index contributed by atoms with van der Waals surface area (Å²) in [5.74, 6) is 0. The van der Waals surface area contributed by atoms with Crippen LogP contribution in [0.2, 0.25) is 0 Å². The first-order valence-corrected chi connectivity index (χ1v) is 7.65. The van der Waals surface area contributed by atoms with Crippen molar-refractivity contribution in [3.63, 3.8) is 0 Å². The number of aliphatic hydroxyl groups is 1. The smallest absolute Gasteiger partial charge is 0.0558 e. The minimum atomic E-state index is 0.119. The third kappa shape index (κ3) is 3.81. The molecule has 0 saturated heterocycles. The van der Waals surface area contributed by atoms with Crippen LogP contribution in [-0.4, -0.2) is 42.8 Å². The molecule has 0 aliphatic heterocycles. The van der Waals surface area contributed by atoms with Gasteiger partial charge in [-0.05, 0) is 30.9 Å². The lowest BCUT2D eigenvalue weighted by atomic mass is 9.80. The van der Waals surface area contributed by atoms with Crippen LogP contribution in [0.25, 0.3) is 0 Å². The van der Waals surface area contributed by atoms with E-state index in [0.717, 1.165) is 13.1 Å². The second kappa shape index (κ2) is 6.70. The number of benzene rings is 1. The van der Waals surface area contributed by atoms with Gasteiger partial charge in [0.1, 0.15) is 0 Å². The Hall–Kier alpha value is -0.900. The van der Waals surface area contributed by atoms with Crippen molar-refractivity contribution >= 4 is 0 Å². The number of aliphatic hydroxyl groups excluding tert-OH is 1. The molecule has 0 aromatic heterocycles. The van der Waals surface area contributed by atoms with Gasteiger partial charge < -0.3 is 10.4 Å². The molecule has 1 saturated carbocycles. The van der Waals surface area contributed by atoms with Crippen molar-refractivity contribution in [2.75, 3.05) is 26.7 Å². The van der Waals surface area contributed by atoms with Crippen molar-refractivity contribution in [2.24, 2.45) is 5.41 Å². The SMILES string of the molecule is CNC(c1ccccc1)C(C)(C)CN(CCO)C1CC1. The van der Waals surface area contributed by atoms with Gasteiger partial charge in [0.2, 0.25) is 0 Å². The summed E-state index contributed by atoms with van der Waals surface area (Å²) in [5.41, 5.74) is 1.45. The lowest BCUT2D eigenvalue weighted by molar-refractivity contribution is 0.112. The van der Waals surface area contributed by atoms with Crippen molar-refractivity contribution in [1.29, 1.82) is 0 Å². The van der Waals surface area contributed by atoms with Gasteiger partial charge in [-0.15, -0.1) is 0 Å². The molecule has 112 valence electrons. The van der Waals surface area contributed by atoms with Gasteiger partial charge in [0.15, 0.2) is 0 Å². The molecule has 1 atom stereocenters. The highest BCUT2D eigenvalue weighted by molar-refractivity contribution is 5.21. The van der Waals surface area contributed by atoms with Gasteiger partial charge in [0.25, 0.3) is 0 Å². The molecule has 1 aromatic rings. The van der Waals surface area contributed by atoms with E-state index in [1.165, 1.54) is 18.4 Å². The van der Waals surface area contributed by atoms with Crippen molar-refractivity contribution in [1.82, 2.24) is 10.2 Å². The Bertz CT molecular complexity index is 401. The molecule has 0 bridgehead atoms. The normalized spacial score (nSPS) is 17.4. The van der Waals surface area contributed by atoms with Gasteiger partial charge in [-0.2, -0.15) is 0 Å². The maximum absolute atomic E-state index is 9.27. The van der Waals surface area contributed by atoms with Crippen LogP contribution in [0.3, 0.4) is 0 Å². The molecule has 0 spiro atoms. The summed E-state index contributed by atoms with van der Waals surface area (Å²) in [7, 11) is 2.03. The van der Waals surface area contributed by atoms with E-state index in [4.69, 9.17) is 0 Å².